The van der Waals surface area contributed by atoms with Crippen molar-refractivity contribution in [1.82, 2.24) is 14.9 Å². The van der Waals surface area contributed by atoms with Crippen molar-refractivity contribution in [3.8, 4) is 5.75 Å². The fraction of sp³-hybridized carbons (Fsp3) is 0.417. The molecule has 5 nitrogen and oxygen atoms in total. The van der Waals surface area contributed by atoms with Gasteiger partial charge in [0.25, 0.3) is 0 Å². The molecule has 5 heteroatoms. The molecule has 0 saturated heterocycles. The van der Waals surface area contributed by atoms with E-state index in [-0.39, 0.29) is 17.9 Å². The second kappa shape index (κ2) is 9.59. The summed E-state index contributed by atoms with van der Waals surface area (Å²) in [5.41, 5.74) is 3.11. The number of nitrogens with one attached hydrogen (secondary N) is 1. The number of amides is 1. The van der Waals surface area contributed by atoms with Gasteiger partial charge in [-0.3, -0.25) is 4.79 Å². The first-order valence-corrected chi connectivity index (χ1v) is 10.5. The highest BCUT2D eigenvalue weighted by Gasteiger charge is 2.21. The molecule has 0 aliphatic carbocycles. The number of carbonyl (C=O) groups is 1. The lowest BCUT2D eigenvalue weighted by atomic mass is 10.0. The van der Waals surface area contributed by atoms with Crippen LogP contribution < -0.4 is 10.1 Å². The highest BCUT2D eigenvalue weighted by atomic mass is 16.5. The second-order valence-corrected chi connectivity index (χ2v) is 7.47. The predicted octanol–water partition coefficient (Wildman–Crippen LogP) is 5.04. The molecule has 154 valence electrons. The summed E-state index contributed by atoms with van der Waals surface area (Å²) in [6, 6.07) is 15.9. The lowest BCUT2D eigenvalue weighted by Gasteiger charge is -2.19. The number of benzene rings is 2. The lowest BCUT2D eigenvalue weighted by Crippen LogP contribution is -2.33. The van der Waals surface area contributed by atoms with Crippen molar-refractivity contribution in [2.75, 3.05) is 6.61 Å². The van der Waals surface area contributed by atoms with Crippen molar-refractivity contribution in [2.24, 2.45) is 5.92 Å². The van der Waals surface area contributed by atoms with Crippen LogP contribution >= 0.6 is 0 Å². The second-order valence-electron chi connectivity index (χ2n) is 7.47. The van der Waals surface area contributed by atoms with Crippen molar-refractivity contribution >= 4 is 16.9 Å². The molecular formula is C24H31N3O2. The van der Waals surface area contributed by atoms with Gasteiger partial charge in [-0.15, -0.1) is 0 Å². The molecule has 0 radical (unpaired) electrons. The largest absolute Gasteiger partial charge is 0.491 e. The zero-order valence-electron chi connectivity index (χ0n) is 17.8. The van der Waals surface area contributed by atoms with E-state index >= 15 is 0 Å². The van der Waals surface area contributed by atoms with E-state index in [2.05, 4.69) is 29.8 Å². The van der Waals surface area contributed by atoms with Crippen LogP contribution in [0.1, 0.15) is 51.0 Å². The Morgan fingerprint density at radius 3 is 2.52 bits per heavy atom. The Kier molecular flexibility index (Phi) is 6.91. The monoisotopic (exact) mass is 393 g/mol. The fourth-order valence-corrected chi connectivity index (χ4v) is 3.68. The Morgan fingerprint density at radius 1 is 1.10 bits per heavy atom. The zero-order chi connectivity index (χ0) is 20.8. The van der Waals surface area contributed by atoms with Gasteiger partial charge in [0.05, 0.1) is 23.6 Å². The summed E-state index contributed by atoms with van der Waals surface area (Å²) in [6.07, 6.45) is 1.69. The van der Waals surface area contributed by atoms with Crippen LogP contribution in [0.2, 0.25) is 0 Å². The van der Waals surface area contributed by atoms with E-state index in [0.717, 1.165) is 41.0 Å². The van der Waals surface area contributed by atoms with Crippen molar-refractivity contribution in [1.29, 1.82) is 0 Å². The molecule has 3 aromatic rings. The average molecular weight is 394 g/mol. The number of imidazole rings is 1. The summed E-state index contributed by atoms with van der Waals surface area (Å²) in [5, 5.41) is 3.15. The van der Waals surface area contributed by atoms with E-state index in [0.29, 0.717) is 13.2 Å². The Labute approximate surface area is 173 Å². The molecule has 1 amide bonds. The molecule has 1 N–H and O–H groups in total. The van der Waals surface area contributed by atoms with E-state index in [1.165, 1.54) is 0 Å². The molecule has 0 aliphatic rings. The zero-order valence-corrected chi connectivity index (χ0v) is 17.8. The third-order valence-corrected chi connectivity index (χ3v) is 5.45. The quantitative estimate of drug-likeness (QED) is 0.554. The van der Waals surface area contributed by atoms with Gasteiger partial charge in [0, 0.05) is 5.92 Å². The van der Waals surface area contributed by atoms with E-state index in [1.807, 2.05) is 56.3 Å². The number of aromatic nitrogens is 2. The molecule has 1 heterocycles. The Bertz CT molecular complexity index is 960. The summed E-state index contributed by atoms with van der Waals surface area (Å²) >= 11 is 0. The molecule has 0 fully saturated rings. The van der Waals surface area contributed by atoms with Gasteiger partial charge in [-0.1, -0.05) is 44.2 Å². The molecule has 0 spiro atoms. The fourth-order valence-electron chi connectivity index (χ4n) is 3.68. The molecule has 2 aromatic carbocycles. The van der Waals surface area contributed by atoms with Gasteiger partial charge in [-0.05, 0) is 50.5 Å². The van der Waals surface area contributed by atoms with Gasteiger partial charge < -0.3 is 14.6 Å². The van der Waals surface area contributed by atoms with E-state index < -0.39 is 0 Å². The van der Waals surface area contributed by atoms with E-state index in [1.54, 1.807) is 0 Å². The van der Waals surface area contributed by atoms with Crippen LogP contribution in [0, 0.1) is 12.8 Å². The molecule has 0 saturated carbocycles. The molecule has 3 rings (SSSR count). The minimum Gasteiger partial charge on any atom is -0.491 e. The minimum atomic E-state index is -0.172. The maximum absolute atomic E-state index is 12.6. The topological polar surface area (TPSA) is 56.2 Å². The van der Waals surface area contributed by atoms with E-state index in [9.17, 15) is 4.79 Å². The molecular weight excluding hydrogens is 362 g/mol. The summed E-state index contributed by atoms with van der Waals surface area (Å²) < 4.78 is 8.17. The molecule has 0 aliphatic heterocycles. The predicted molar refractivity (Wildman–Crippen MR) is 117 cm³/mol. The van der Waals surface area contributed by atoms with Gasteiger partial charge in [0.1, 0.15) is 18.2 Å². The maximum atomic E-state index is 12.6. The number of aryl methyl sites for hydroxylation is 1. The Balaban J connectivity index is 1.80. The number of para-hydroxylation sites is 3. The molecule has 1 atom stereocenters. The van der Waals surface area contributed by atoms with E-state index in [4.69, 9.17) is 9.72 Å². The number of hydrogen-bond acceptors (Lipinski definition) is 3. The molecule has 29 heavy (non-hydrogen) atoms. The SMILES string of the molecule is CCC(CC)C(=O)NC(C)c1nc2ccccc2n1CCOc1ccccc1C. The standard InChI is InChI=1S/C24H31N3O2/c1-5-19(6-2)24(28)25-18(4)23-26-20-12-8-9-13-21(20)27(23)15-16-29-22-14-10-7-11-17(22)3/h7-14,18-19H,5-6,15-16H2,1-4H3,(H,25,28). The van der Waals surface area contributed by atoms with Crippen molar-refractivity contribution in [3.05, 3.63) is 59.9 Å². The molecule has 0 bridgehead atoms. The first kappa shape index (κ1) is 20.9. The summed E-state index contributed by atoms with van der Waals surface area (Å²) in [7, 11) is 0. The van der Waals surface area contributed by atoms with Crippen LogP contribution in [0.15, 0.2) is 48.5 Å². The smallest absolute Gasteiger partial charge is 0.223 e. The number of fused-ring (bicyclic) bond motifs is 1. The van der Waals surface area contributed by atoms with Gasteiger partial charge in [-0.2, -0.15) is 0 Å². The maximum Gasteiger partial charge on any atom is 0.223 e. The number of ether oxygens (including phenoxy) is 1. The summed E-state index contributed by atoms with van der Waals surface area (Å²) in [6.45, 7) is 9.34. The Morgan fingerprint density at radius 2 is 1.79 bits per heavy atom. The third kappa shape index (κ3) is 4.78. The van der Waals surface area contributed by atoms with Crippen LogP contribution in [-0.4, -0.2) is 22.1 Å². The molecule has 1 unspecified atom stereocenters. The van der Waals surface area contributed by atoms with Gasteiger partial charge in [0.2, 0.25) is 5.91 Å². The number of rotatable bonds is 9. The van der Waals surface area contributed by atoms with Crippen LogP contribution in [0.4, 0.5) is 0 Å². The van der Waals surface area contributed by atoms with Crippen LogP contribution in [0.3, 0.4) is 0 Å². The number of nitrogens with zero attached hydrogens (tertiary/aromatic N) is 2. The third-order valence-electron chi connectivity index (χ3n) is 5.45. The van der Waals surface area contributed by atoms with Crippen molar-refractivity contribution < 1.29 is 9.53 Å². The average Bonchev–Trinajstić information content (AvgIpc) is 3.09. The van der Waals surface area contributed by atoms with Crippen LogP contribution in [0.5, 0.6) is 5.75 Å². The van der Waals surface area contributed by atoms with Gasteiger partial charge in [-0.25, -0.2) is 4.98 Å². The number of carbonyl (C=O) groups excluding carboxylic acids is 1. The van der Waals surface area contributed by atoms with Gasteiger partial charge in [0.15, 0.2) is 0 Å². The first-order chi connectivity index (χ1) is 14.0. The Hall–Kier alpha value is -2.82. The first-order valence-electron chi connectivity index (χ1n) is 10.5. The highest BCUT2D eigenvalue weighted by Crippen LogP contribution is 2.22. The summed E-state index contributed by atoms with van der Waals surface area (Å²) in [5.74, 6) is 1.89. The van der Waals surface area contributed by atoms with Crippen molar-refractivity contribution in [3.63, 3.8) is 0 Å². The van der Waals surface area contributed by atoms with Crippen LogP contribution in [-0.2, 0) is 11.3 Å². The molecule has 1 aromatic heterocycles. The normalized spacial score (nSPS) is 12.3. The highest BCUT2D eigenvalue weighted by molar-refractivity contribution is 5.79. The van der Waals surface area contributed by atoms with Crippen LogP contribution in [0.25, 0.3) is 11.0 Å². The lowest BCUT2D eigenvalue weighted by molar-refractivity contribution is -0.125. The summed E-state index contributed by atoms with van der Waals surface area (Å²) in [4.78, 5) is 17.4. The van der Waals surface area contributed by atoms with Crippen molar-refractivity contribution in [2.45, 2.75) is 53.1 Å². The number of hydrogen-bond donors (Lipinski definition) is 1. The van der Waals surface area contributed by atoms with Gasteiger partial charge >= 0.3 is 0 Å². The minimum absolute atomic E-state index is 0.0414.